The molecule has 6 rings (SSSR count). The Morgan fingerprint density at radius 3 is 2.37 bits per heavy atom. The predicted octanol–water partition coefficient (Wildman–Crippen LogP) is 4.68. The second kappa shape index (κ2) is 7.69. The van der Waals surface area contributed by atoms with Crippen molar-refractivity contribution in [3.8, 4) is 11.5 Å². The Labute approximate surface area is 180 Å². The minimum absolute atomic E-state index is 0.210. The summed E-state index contributed by atoms with van der Waals surface area (Å²) in [5.41, 5.74) is 1.07. The van der Waals surface area contributed by atoms with Crippen molar-refractivity contribution in [2.75, 3.05) is 19.5 Å². The number of rotatable bonds is 6. The van der Waals surface area contributed by atoms with Gasteiger partial charge in [-0.15, -0.1) is 10.2 Å². The van der Waals surface area contributed by atoms with Gasteiger partial charge in [0.05, 0.1) is 14.2 Å². The minimum atomic E-state index is -0.210. The Bertz CT molecular complexity index is 949. The Morgan fingerprint density at radius 1 is 1.07 bits per heavy atom. The number of carbonyl (C=O) groups is 1. The molecule has 158 valence electrons. The first-order valence-electron chi connectivity index (χ1n) is 10.6. The van der Waals surface area contributed by atoms with Crippen LogP contribution in [-0.4, -0.2) is 30.3 Å². The van der Waals surface area contributed by atoms with Crippen molar-refractivity contribution in [2.24, 2.45) is 17.8 Å². The molecule has 4 fully saturated rings. The number of carbonyl (C=O) groups excluding carboxylic acids is 1. The molecule has 4 bridgehead atoms. The molecule has 4 aliphatic rings. The predicted molar refractivity (Wildman–Crippen MR) is 117 cm³/mol. The average molecular weight is 426 g/mol. The number of nitrogens with zero attached hydrogens (tertiary/aromatic N) is 2. The van der Waals surface area contributed by atoms with Crippen molar-refractivity contribution < 1.29 is 14.3 Å². The number of nitrogens with one attached hydrogen (secondary N) is 1. The van der Waals surface area contributed by atoms with Crippen LogP contribution in [0, 0.1) is 17.8 Å². The first-order valence-corrected chi connectivity index (χ1v) is 11.4. The van der Waals surface area contributed by atoms with Crippen LogP contribution < -0.4 is 14.8 Å². The molecule has 30 heavy (non-hydrogen) atoms. The number of methoxy groups -OCH3 is 2. The molecule has 1 N–H and O–H groups in total. The zero-order valence-electron chi connectivity index (χ0n) is 17.4. The third-order valence-corrected chi connectivity index (χ3v) is 8.07. The topological polar surface area (TPSA) is 73.3 Å². The summed E-state index contributed by atoms with van der Waals surface area (Å²) in [6.07, 6.45) is 11.2. The summed E-state index contributed by atoms with van der Waals surface area (Å²) in [4.78, 5) is 12.4. The van der Waals surface area contributed by atoms with Crippen LogP contribution in [0.3, 0.4) is 0 Å². The van der Waals surface area contributed by atoms with Gasteiger partial charge in [-0.3, -0.25) is 10.1 Å². The molecular weight excluding hydrogens is 398 g/mol. The summed E-state index contributed by atoms with van der Waals surface area (Å²) in [5, 5.41) is 13.4. The van der Waals surface area contributed by atoms with Gasteiger partial charge in [-0.2, -0.15) is 0 Å². The van der Waals surface area contributed by atoms with E-state index < -0.39 is 0 Å². The standard InChI is InChI=1S/C23H27N3O3S/c1-28-18-5-3-14(10-19(18)29-2)4-6-20(27)24-22-26-25-21(30-22)23-11-15-7-16(12-23)9-17(8-15)13-23/h3-6,10,15-17H,7-9,11-13H2,1-2H3,(H,24,26,27)/b6-4+. The van der Waals surface area contributed by atoms with Crippen molar-refractivity contribution in [1.82, 2.24) is 10.2 Å². The normalized spacial score (nSPS) is 29.3. The fourth-order valence-electron chi connectivity index (χ4n) is 6.14. The summed E-state index contributed by atoms with van der Waals surface area (Å²) in [5.74, 6) is 3.67. The van der Waals surface area contributed by atoms with Gasteiger partial charge >= 0.3 is 0 Å². The van der Waals surface area contributed by atoms with Crippen LogP contribution in [0.25, 0.3) is 6.08 Å². The van der Waals surface area contributed by atoms with E-state index in [-0.39, 0.29) is 11.3 Å². The van der Waals surface area contributed by atoms with Gasteiger partial charge < -0.3 is 9.47 Å². The van der Waals surface area contributed by atoms with Crippen molar-refractivity contribution >= 4 is 28.5 Å². The monoisotopic (exact) mass is 425 g/mol. The fourth-order valence-corrected chi connectivity index (χ4v) is 7.10. The third kappa shape index (κ3) is 3.60. The van der Waals surface area contributed by atoms with Crippen LogP contribution in [0.15, 0.2) is 24.3 Å². The largest absolute Gasteiger partial charge is 0.493 e. The van der Waals surface area contributed by atoms with E-state index in [9.17, 15) is 4.79 Å². The lowest BCUT2D eigenvalue weighted by atomic mass is 9.50. The molecule has 0 saturated heterocycles. The van der Waals surface area contributed by atoms with Crippen LogP contribution in [0.5, 0.6) is 11.5 Å². The van der Waals surface area contributed by atoms with Crippen molar-refractivity contribution in [3.63, 3.8) is 0 Å². The molecule has 1 aromatic heterocycles. The fraction of sp³-hybridized carbons (Fsp3) is 0.522. The molecular formula is C23H27N3O3S. The maximum Gasteiger partial charge on any atom is 0.250 e. The minimum Gasteiger partial charge on any atom is -0.493 e. The summed E-state index contributed by atoms with van der Waals surface area (Å²) >= 11 is 1.56. The highest BCUT2D eigenvalue weighted by molar-refractivity contribution is 7.15. The molecule has 0 radical (unpaired) electrons. The summed E-state index contributed by atoms with van der Waals surface area (Å²) in [6, 6.07) is 5.53. The van der Waals surface area contributed by atoms with Crippen LogP contribution in [0.1, 0.15) is 49.1 Å². The van der Waals surface area contributed by atoms with Crippen molar-refractivity contribution in [1.29, 1.82) is 0 Å². The molecule has 4 saturated carbocycles. The van der Waals surface area contributed by atoms with Gasteiger partial charge in [0, 0.05) is 11.5 Å². The summed E-state index contributed by atoms with van der Waals surface area (Å²) in [6.45, 7) is 0. The van der Waals surface area contributed by atoms with Crippen LogP contribution in [0.2, 0.25) is 0 Å². The molecule has 7 heteroatoms. The molecule has 1 heterocycles. The van der Waals surface area contributed by atoms with Gasteiger partial charge in [0.2, 0.25) is 11.0 Å². The molecule has 0 spiro atoms. The number of benzene rings is 1. The Hall–Kier alpha value is -2.41. The average Bonchev–Trinajstić information content (AvgIpc) is 3.20. The summed E-state index contributed by atoms with van der Waals surface area (Å²) in [7, 11) is 3.19. The highest BCUT2D eigenvalue weighted by Gasteiger charge is 2.53. The SMILES string of the molecule is COc1ccc(/C=C/C(=O)Nc2nnc(C34CC5CC(CC(C5)C3)C4)s2)cc1OC. The lowest BCUT2D eigenvalue weighted by molar-refractivity contribution is -0.111. The zero-order chi connectivity index (χ0) is 20.7. The van der Waals surface area contributed by atoms with Crippen LogP contribution in [-0.2, 0) is 10.2 Å². The van der Waals surface area contributed by atoms with Gasteiger partial charge in [0.15, 0.2) is 11.5 Å². The lowest BCUT2D eigenvalue weighted by Gasteiger charge is -2.55. The first-order chi connectivity index (χ1) is 14.6. The highest BCUT2D eigenvalue weighted by Crippen LogP contribution is 2.61. The molecule has 2 aromatic rings. The quantitative estimate of drug-likeness (QED) is 0.681. The number of anilines is 1. The molecule has 0 aliphatic heterocycles. The van der Waals surface area contributed by atoms with E-state index in [2.05, 4.69) is 15.5 Å². The maximum atomic E-state index is 12.4. The third-order valence-electron chi connectivity index (χ3n) is 6.98. The van der Waals surface area contributed by atoms with E-state index >= 15 is 0 Å². The number of amides is 1. The van der Waals surface area contributed by atoms with Crippen LogP contribution >= 0.6 is 11.3 Å². The van der Waals surface area contributed by atoms with Gasteiger partial charge in [-0.05, 0) is 80.1 Å². The van der Waals surface area contributed by atoms with E-state index in [0.717, 1.165) is 28.3 Å². The van der Waals surface area contributed by atoms with E-state index in [1.165, 1.54) is 44.6 Å². The van der Waals surface area contributed by atoms with E-state index in [0.29, 0.717) is 16.6 Å². The van der Waals surface area contributed by atoms with Gasteiger partial charge in [-0.25, -0.2) is 0 Å². The second-order valence-corrected chi connectivity index (χ2v) is 10.0. The molecule has 0 atom stereocenters. The first kappa shape index (κ1) is 19.5. The second-order valence-electron chi connectivity index (χ2n) is 9.05. The van der Waals surface area contributed by atoms with E-state index in [4.69, 9.17) is 9.47 Å². The number of ether oxygens (including phenoxy) is 2. The number of aromatic nitrogens is 2. The highest BCUT2D eigenvalue weighted by atomic mass is 32.1. The zero-order valence-corrected chi connectivity index (χ0v) is 18.2. The Kier molecular flexibility index (Phi) is 5.01. The molecule has 1 amide bonds. The van der Waals surface area contributed by atoms with Crippen molar-refractivity contribution in [2.45, 2.75) is 43.9 Å². The number of hydrogen-bond acceptors (Lipinski definition) is 6. The van der Waals surface area contributed by atoms with Gasteiger partial charge in [0.1, 0.15) is 5.01 Å². The van der Waals surface area contributed by atoms with Crippen LogP contribution in [0.4, 0.5) is 5.13 Å². The van der Waals surface area contributed by atoms with E-state index in [1.807, 2.05) is 18.2 Å². The molecule has 6 nitrogen and oxygen atoms in total. The van der Waals surface area contributed by atoms with E-state index in [1.54, 1.807) is 31.6 Å². The molecule has 0 unspecified atom stereocenters. The van der Waals surface area contributed by atoms with Crippen molar-refractivity contribution in [3.05, 3.63) is 34.8 Å². The number of hydrogen-bond donors (Lipinski definition) is 1. The summed E-state index contributed by atoms with van der Waals surface area (Å²) < 4.78 is 10.5. The lowest BCUT2D eigenvalue weighted by Crippen LogP contribution is -2.48. The van der Waals surface area contributed by atoms with Gasteiger partial charge in [-0.1, -0.05) is 17.4 Å². The molecule has 4 aliphatic carbocycles. The molecule has 1 aromatic carbocycles. The van der Waals surface area contributed by atoms with Gasteiger partial charge in [0.25, 0.3) is 0 Å². The Balaban J connectivity index is 1.26. The smallest absolute Gasteiger partial charge is 0.250 e. The maximum absolute atomic E-state index is 12.4. The Morgan fingerprint density at radius 2 is 1.73 bits per heavy atom.